The number of aliphatic hydroxyl groups is 2. The normalized spacial score (nSPS) is 52.7. The van der Waals surface area contributed by atoms with Crippen LogP contribution in [0.5, 0.6) is 0 Å². The zero-order valence-electron chi connectivity index (χ0n) is 20.5. The van der Waals surface area contributed by atoms with E-state index >= 15 is 0 Å². The molecule has 3 nitrogen and oxygen atoms in total. The van der Waals surface area contributed by atoms with Gasteiger partial charge in [0.05, 0.1) is 6.10 Å². The van der Waals surface area contributed by atoms with E-state index in [1.54, 1.807) is 0 Å². The monoisotopic (exact) mass is 428 g/mol. The number of aliphatic hydroxyl groups excluding tert-OH is 2. The Morgan fingerprint density at radius 3 is 2.42 bits per heavy atom. The summed E-state index contributed by atoms with van der Waals surface area (Å²) in [6, 6.07) is 0. The fourth-order valence-electron chi connectivity index (χ4n) is 8.65. The minimum Gasteiger partial charge on any atom is -0.390 e. The number of hydrogen-bond acceptors (Lipinski definition) is 3. The molecule has 2 N–H and O–H groups in total. The Kier molecular flexibility index (Phi) is 5.13. The van der Waals surface area contributed by atoms with Crippen molar-refractivity contribution in [1.29, 1.82) is 0 Å². The van der Waals surface area contributed by atoms with Crippen LogP contribution in [-0.2, 0) is 4.74 Å². The second-order valence-electron chi connectivity index (χ2n) is 12.6. The molecular weight excluding hydrogens is 384 g/mol. The van der Waals surface area contributed by atoms with Gasteiger partial charge in [-0.15, -0.1) is 0 Å². The van der Waals surface area contributed by atoms with E-state index in [0.717, 1.165) is 12.8 Å². The van der Waals surface area contributed by atoms with Gasteiger partial charge in [0.25, 0.3) is 0 Å². The molecular formula is C28H44O3. The largest absolute Gasteiger partial charge is 0.390 e. The molecule has 1 saturated heterocycles. The van der Waals surface area contributed by atoms with Crippen LogP contribution in [0.15, 0.2) is 23.8 Å². The molecule has 3 saturated carbocycles. The van der Waals surface area contributed by atoms with Gasteiger partial charge in [-0.3, -0.25) is 0 Å². The summed E-state index contributed by atoms with van der Waals surface area (Å²) >= 11 is 0. The van der Waals surface area contributed by atoms with Gasteiger partial charge in [0.15, 0.2) is 0 Å². The first-order valence-corrected chi connectivity index (χ1v) is 13.0. The third kappa shape index (κ3) is 2.88. The van der Waals surface area contributed by atoms with Gasteiger partial charge in [0.2, 0.25) is 0 Å². The Morgan fingerprint density at radius 1 is 0.968 bits per heavy atom. The van der Waals surface area contributed by atoms with E-state index in [1.165, 1.54) is 31.3 Å². The number of allylic oxidation sites excluding steroid dienone is 3. The second kappa shape index (κ2) is 7.18. The number of epoxide rings is 1. The molecule has 1 aliphatic heterocycles. The van der Waals surface area contributed by atoms with Gasteiger partial charge in [0, 0.05) is 5.41 Å². The first-order chi connectivity index (χ1) is 14.6. The summed E-state index contributed by atoms with van der Waals surface area (Å²) in [7, 11) is 0. The molecule has 5 aliphatic rings. The molecule has 1 spiro atoms. The molecule has 1 heterocycles. The van der Waals surface area contributed by atoms with Crippen LogP contribution in [0.1, 0.15) is 80.1 Å². The Bertz CT molecular complexity index is 785. The van der Waals surface area contributed by atoms with Crippen molar-refractivity contribution < 1.29 is 14.9 Å². The van der Waals surface area contributed by atoms with E-state index in [4.69, 9.17) is 4.74 Å². The molecule has 0 aromatic rings. The maximum atomic E-state index is 11.3. The molecule has 11 unspecified atom stereocenters. The van der Waals surface area contributed by atoms with Crippen LogP contribution >= 0.6 is 0 Å². The summed E-state index contributed by atoms with van der Waals surface area (Å²) in [4.78, 5) is 0. The molecule has 0 aromatic heterocycles. The maximum absolute atomic E-state index is 11.3. The molecule has 0 amide bonds. The first-order valence-electron chi connectivity index (χ1n) is 13.0. The van der Waals surface area contributed by atoms with E-state index in [2.05, 4.69) is 59.8 Å². The summed E-state index contributed by atoms with van der Waals surface area (Å²) in [5, 5.41) is 21.7. The van der Waals surface area contributed by atoms with Crippen LogP contribution < -0.4 is 0 Å². The average Bonchev–Trinajstić information content (AvgIpc) is 3.40. The van der Waals surface area contributed by atoms with Crippen LogP contribution in [0.25, 0.3) is 0 Å². The lowest BCUT2D eigenvalue weighted by atomic mass is 9.47. The smallest absolute Gasteiger partial charge is 0.133 e. The lowest BCUT2D eigenvalue weighted by molar-refractivity contribution is -0.0665. The zero-order chi connectivity index (χ0) is 22.3. The van der Waals surface area contributed by atoms with E-state index < -0.39 is 17.8 Å². The van der Waals surface area contributed by atoms with E-state index in [1.807, 2.05) is 0 Å². The fourth-order valence-corrected chi connectivity index (χ4v) is 8.65. The number of hydrogen-bond donors (Lipinski definition) is 2. The highest BCUT2D eigenvalue weighted by atomic mass is 16.6. The van der Waals surface area contributed by atoms with Crippen molar-refractivity contribution in [2.24, 2.45) is 46.3 Å². The molecule has 0 bridgehead atoms. The standard InChI is InChI=1S/C28H44O3/c1-16(2)17(3)7-8-18(4)20-9-10-21-19-15-24(30)28-25(31-28)23(29)12-14-27(28,6)22(19)11-13-26(20,21)5/h7-8,15-18,20-25,29-30H,9-14H2,1-6H3. The van der Waals surface area contributed by atoms with Crippen molar-refractivity contribution in [3.8, 4) is 0 Å². The van der Waals surface area contributed by atoms with Gasteiger partial charge < -0.3 is 14.9 Å². The van der Waals surface area contributed by atoms with Gasteiger partial charge in [0.1, 0.15) is 17.8 Å². The van der Waals surface area contributed by atoms with Crippen LogP contribution in [0.3, 0.4) is 0 Å². The van der Waals surface area contributed by atoms with Crippen molar-refractivity contribution in [3.05, 3.63) is 23.8 Å². The van der Waals surface area contributed by atoms with Crippen LogP contribution in [-0.4, -0.2) is 34.1 Å². The maximum Gasteiger partial charge on any atom is 0.133 e. The zero-order valence-corrected chi connectivity index (χ0v) is 20.5. The quantitative estimate of drug-likeness (QED) is 0.458. The molecule has 31 heavy (non-hydrogen) atoms. The highest BCUT2D eigenvalue weighted by Crippen LogP contribution is 2.72. The molecule has 0 radical (unpaired) electrons. The predicted molar refractivity (Wildman–Crippen MR) is 124 cm³/mol. The number of fused-ring (bicyclic) bond motifs is 4. The molecule has 5 rings (SSSR count). The Labute approximate surface area is 189 Å². The lowest BCUT2D eigenvalue weighted by Gasteiger charge is -2.57. The van der Waals surface area contributed by atoms with Gasteiger partial charge in [-0.2, -0.15) is 0 Å². The van der Waals surface area contributed by atoms with Crippen LogP contribution in [0, 0.1) is 46.3 Å². The van der Waals surface area contributed by atoms with Crippen molar-refractivity contribution in [2.45, 2.75) is 104 Å². The lowest BCUT2D eigenvalue weighted by Crippen LogP contribution is -2.60. The third-order valence-corrected chi connectivity index (χ3v) is 11.0. The third-order valence-electron chi connectivity index (χ3n) is 11.0. The molecule has 4 aliphatic carbocycles. The Balaban J connectivity index is 1.42. The number of ether oxygens (including phenoxy) is 1. The van der Waals surface area contributed by atoms with E-state index in [0.29, 0.717) is 40.9 Å². The minimum absolute atomic E-state index is 0.0436. The SMILES string of the molecule is CC(C)C(C)C=CC(C)C1CCC2C3=CC(O)C45OC4C(O)CCC5(C)C3CCC21C. The highest BCUT2D eigenvalue weighted by molar-refractivity contribution is 5.38. The summed E-state index contributed by atoms with van der Waals surface area (Å²) in [6.07, 6.45) is 12.8. The van der Waals surface area contributed by atoms with Gasteiger partial charge in [-0.25, -0.2) is 0 Å². The molecule has 4 fully saturated rings. The summed E-state index contributed by atoms with van der Waals surface area (Å²) in [6.45, 7) is 14.3. The molecule has 174 valence electrons. The summed E-state index contributed by atoms with van der Waals surface area (Å²) in [5.41, 5.74) is 1.28. The minimum atomic E-state index is -0.575. The second-order valence-corrected chi connectivity index (χ2v) is 12.6. The van der Waals surface area contributed by atoms with Gasteiger partial charge >= 0.3 is 0 Å². The van der Waals surface area contributed by atoms with Crippen molar-refractivity contribution in [2.75, 3.05) is 0 Å². The van der Waals surface area contributed by atoms with Crippen LogP contribution in [0.2, 0.25) is 0 Å². The van der Waals surface area contributed by atoms with Crippen molar-refractivity contribution in [3.63, 3.8) is 0 Å². The topological polar surface area (TPSA) is 53.0 Å². The van der Waals surface area contributed by atoms with Crippen LogP contribution in [0.4, 0.5) is 0 Å². The predicted octanol–water partition coefficient (Wildman–Crippen LogP) is 5.51. The fraction of sp³-hybridized carbons (Fsp3) is 0.857. The molecule has 0 aromatic carbocycles. The summed E-state index contributed by atoms with van der Waals surface area (Å²) < 4.78 is 6.16. The summed E-state index contributed by atoms with van der Waals surface area (Å²) in [5.74, 6) is 3.72. The average molecular weight is 429 g/mol. The van der Waals surface area contributed by atoms with Gasteiger partial charge in [-0.05, 0) is 79.4 Å². The van der Waals surface area contributed by atoms with Crippen molar-refractivity contribution in [1.82, 2.24) is 0 Å². The van der Waals surface area contributed by atoms with E-state index in [-0.39, 0.29) is 11.5 Å². The van der Waals surface area contributed by atoms with Crippen molar-refractivity contribution >= 4 is 0 Å². The Hall–Kier alpha value is -0.640. The highest BCUT2D eigenvalue weighted by Gasteiger charge is 2.78. The van der Waals surface area contributed by atoms with E-state index in [9.17, 15) is 10.2 Å². The Morgan fingerprint density at radius 2 is 1.71 bits per heavy atom. The first kappa shape index (κ1) is 22.2. The number of rotatable bonds is 4. The molecule has 11 atom stereocenters. The van der Waals surface area contributed by atoms with Gasteiger partial charge in [-0.1, -0.05) is 65.3 Å². The molecule has 3 heteroatoms.